The first-order chi connectivity index (χ1) is 5.88. The SMILES string of the molecule is C=CC=C(CC)c1ccccc1. The van der Waals surface area contributed by atoms with Crippen LogP contribution < -0.4 is 0 Å². The van der Waals surface area contributed by atoms with E-state index in [2.05, 4.69) is 43.8 Å². The van der Waals surface area contributed by atoms with Crippen molar-refractivity contribution in [2.45, 2.75) is 13.3 Å². The standard InChI is InChI=1S/C12H14/c1-3-8-11(4-2)12-9-6-5-7-10-12/h3,5-10H,1,4H2,2H3. The molecular weight excluding hydrogens is 144 g/mol. The summed E-state index contributed by atoms with van der Waals surface area (Å²) in [6.45, 7) is 5.85. The molecule has 0 amide bonds. The molecule has 0 heterocycles. The van der Waals surface area contributed by atoms with Crippen molar-refractivity contribution in [1.29, 1.82) is 0 Å². The highest BCUT2D eigenvalue weighted by Gasteiger charge is 1.94. The fourth-order valence-corrected chi connectivity index (χ4v) is 1.21. The first-order valence-corrected chi connectivity index (χ1v) is 4.25. The zero-order valence-corrected chi connectivity index (χ0v) is 7.46. The van der Waals surface area contributed by atoms with Crippen LogP contribution in [0.3, 0.4) is 0 Å². The number of hydrogen-bond acceptors (Lipinski definition) is 0. The number of hydrogen-bond donors (Lipinski definition) is 0. The summed E-state index contributed by atoms with van der Waals surface area (Å²) >= 11 is 0. The van der Waals surface area contributed by atoms with Crippen LogP contribution in [0.2, 0.25) is 0 Å². The smallest absolute Gasteiger partial charge is 0.0225 e. The van der Waals surface area contributed by atoms with Crippen LogP contribution in [0.25, 0.3) is 5.57 Å². The van der Waals surface area contributed by atoms with Crippen LogP contribution in [0.4, 0.5) is 0 Å². The number of allylic oxidation sites excluding steroid dienone is 3. The molecule has 0 N–H and O–H groups in total. The van der Waals surface area contributed by atoms with Crippen LogP contribution in [0.15, 0.2) is 49.1 Å². The van der Waals surface area contributed by atoms with Gasteiger partial charge in [-0.3, -0.25) is 0 Å². The highest BCUT2D eigenvalue weighted by Crippen LogP contribution is 2.16. The Labute approximate surface area is 74.2 Å². The molecule has 0 saturated heterocycles. The largest absolute Gasteiger partial charge is 0.0991 e. The second-order valence-corrected chi connectivity index (χ2v) is 2.65. The molecule has 0 aliphatic heterocycles. The van der Waals surface area contributed by atoms with Crippen LogP contribution in [0.1, 0.15) is 18.9 Å². The fourth-order valence-electron chi connectivity index (χ4n) is 1.21. The monoisotopic (exact) mass is 158 g/mol. The summed E-state index contributed by atoms with van der Waals surface area (Å²) in [6, 6.07) is 10.4. The minimum Gasteiger partial charge on any atom is -0.0991 e. The Morgan fingerprint density at radius 1 is 1.33 bits per heavy atom. The minimum atomic E-state index is 1.05. The van der Waals surface area contributed by atoms with Crippen molar-refractivity contribution >= 4 is 5.57 Å². The van der Waals surface area contributed by atoms with E-state index >= 15 is 0 Å². The van der Waals surface area contributed by atoms with Crippen molar-refractivity contribution in [3.8, 4) is 0 Å². The molecule has 0 heteroatoms. The van der Waals surface area contributed by atoms with Gasteiger partial charge in [0.15, 0.2) is 0 Å². The van der Waals surface area contributed by atoms with Crippen molar-refractivity contribution in [3.63, 3.8) is 0 Å². The maximum atomic E-state index is 3.70. The van der Waals surface area contributed by atoms with Crippen molar-refractivity contribution in [1.82, 2.24) is 0 Å². The Bertz CT molecular complexity index is 267. The Morgan fingerprint density at radius 3 is 2.50 bits per heavy atom. The third-order valence-electron chi connectivity index (χ3n) is 1.84. The van der Waals surface area contributed by atoms with Crippen LogP contribution in [-0.4, -0.2) is 0 Å². The molecule has 12 heavy (non-hydrogen) atoms. The van der Waals surface area contributed by atoms with E-state index in [1.54, 1.807) is 0 Å². The maximum absolute atomic E-state index is 3.70. The van der Waals surface area contributed by atoms with Crippen LogP contribution >= 0.6 is 0 Å². The van der Waals surface area contributed by atoms with Gasteiger partial charge >= 0.3 is 0 Å². The Kier molecular flexibility index (Phi) is 3.34. The summed E-state index contributed by atoms with van der Waals surface area (Å²) in [5.74, 6) is 0. The lowest BCUT2D eigenvalue weighted by atomic mass is 10.0. The van der Waals surface area contributed by atoms with E-state index in [-0.39, 0.29) is 0 Å². The minimum absolute atomic E-state index is 1.05. The first kappa shape index (κ1) is 8.79. The third kappa shape index (κ3) is 2.09. The second-order valence-electron chi connectivity index (χ2n) is 2.65. The Morgan fingerprint density at radius 2 is 2.00 bits per heavy atom. The van der Waals surface area contributed by atoms with E-state index in [4.69, 9.17) is 0 Å². The first-order valence-electron chi connectivity index (χ1n) is 4.25. The zero-order valence-electron chi connectivity index (χ0n) is 7.46. The quantitative estimate of drug-likeness (QED) is 0.589. The predicted molar refractivity (Wildman–Crippen MR) is 54.9 cm³/mol. The summed E-state index contributed by atoms with van der Waals surface area (Å²) in [4.78, 5) is 0. The highest BCUT2D eigenvalue weighted by atomic mass is 14.0. The normalized spacial score (nSPS) is 11.2. The summed E-state index contributed by atoms with van der Waals surface area (Å²) < 4.78 is 0. The number of rotatable bonds is 3. The molecule has 0 spiro atoms. The average molecular weight is 158 g/mol. The van der Waals surface area contributed by atoms with Crippen LogP contribution in [0.5, 0.6) is 0 Å². The molecule has 0 unspecified atom stereocenters. The summed E-state index contributed by atoms with van der Waals surface area (Å²) in [7, 11) is 0. The second kappa shape index (κ2) is 4.55. The molecule has 0 fully saturated rings. The molecule has 0 bridgehead atoms. The van der Waals surface area contributed by atoms with E-state index in [1.807, 2.05) is 12.1 Å². The molecule has 62 valence electrons. The van der Waals surface area contributed by atoms with E-state index in [9.17, 15) is 0 Å². The average Bonchev–Trinajstić information content (AvgIpc) is 2.15. The summed E-state index contributed by atoms with van der Waals surface area (Å²) in [5, 5.41) is 0. The van der Waals surface area contributed by atoms with E-state index in [0.29, 0.717) is 0 Å². The van der Waals surface area contributed by atoms with E-state index in [0.717, 1.165) is 6.42 Å². The van der Waals surface area contributed by atoms with E-state index in [1.165, 1.54) is 11.1 Å². The molecule has 1 aromatic rings. The molecule has 0 radical (unpaired) electrons. The van der Waals surface area contributed by atoms with Gasteiger partial charge in [0, 0.05) is 0 Å². The van der Waals surface area contributed by atoms with Gasteiger partial charge in [-0.1, -0.05) is 56.0 Å². The van der Waals surface area contributed by atoms with Gasteiger partial charge in [-0.2, -0.15) is 0 Å². The summed E-state index contributed by atoms with van der Waals surface area (Å²) in [6.07, 6.45) is 4.96. The molecule has 0 atom stereocenters. The lowest BCUT2D eigenvalue weighted by Gasteiger charge is -2.02. The van der Waals surface area contributed by atoms with Gasteiger partial charge in [0.1, 0.15) is 0 Å². The Balaban J connectivity index is 2.95. The van der Waals surface area contributed by atoms with Crippen molar-refractivity contribution in [3.05, 3.63) is 54.6 Å². The van der Waals surface area contributed by atoms with Gasteiger partial charge in [-0.15, -0.1) is 0 Å². The lowest BCUT2D eigenvalue weighted by Crippen LogP contribution is -1.80. The highest BCUT2D eigenvalue weighted by molar-refractivity contribution is 5.66. The van der Waals surface area contributed by atoms with Gasteiger partial charge in [0.05, 0.1) is 0 Å². The molecule has 0 aliphatic rings. The topological polar surface area (TPSA) is 0 Å². The lowest BCUT2D eigenvalue weighted by molar-refractivity contribution is 1.24. The van der Waals surface area contributed by atoms with Crippen LogP contribution in [-0.2, 0) is 0 Å². The molecule has 1 aromatic carbocycles. The molecule has 1 rings (SSSR count). The van der Waals surface area contributed by atoms with E-state index < -0.39 is 0 Å². The molecule has 0 nitrogen and oxygen atoms in total. The van der Waals surface area contributed by atoms with Crippen molar-refractivity contribution < 1.29 is 0 Å². The third-order valence-corrected chi connectivity index (χ3v) is 1.84. The zero-order chi connectivity index (χ0) is 8.81. The Hall–Kier alpha value is -1.30. The maximum Gasteiger partial charge on any atom is -0.0225 e. The van der Waals surface area contributed by atoms with Gasteiger partial charge in [-0.05, 0) is 17.6 Å². The molecule has 0 aliphatic carbocycles. The number of benzene rings is 1. The van der Waals surface area contributed by atoms with Crippen molar-refractivity contribution in [2.24, 2.45) is 0 Å². The van der Waals surface area contributed by atoms with Crippen molar-refractivity contribution in [2.75, 3.05) is 0 Å². The predicted octanol–water partition coefficient (Wildman–Crippen LogP) is 3.67. The van der Waals surface area contributed by atoms with Gasteiger partial charge in [-0.25, -0.2) is 0 Å². The van der Waals surface area contributed by atoms with Gasteiger partial charge < -0.3 is 0 Å². The molecular formula is C12H14. The van der Waals surface area contributed by atoms with Gasteiger partial charge in [0.2, 0.25) is 0 Å². The van der Waals surface area contributed by atoms with Crippen LogP contribution in [0, 0.1) is 0 Å². The summed E-state index contributed by atoms with van der Waals surface area (Å²) in [5.41, 5.74) is 2.63. The van der Waals surface area contributed by atoms with Gasteiger partial charge in [0.25, 0.3) is 0 Å². The molecule has 0 saturated carbocycles. The molecule has 0 aromatic heterocycles. The fraction of sp³-hybridized carbons (Fsp3) is 0.167.